The first kappa shape index (κ1) is 11.7. The van der Waals surface area contributed by atoms with Crippen molar-refractivity contribution in [1.82, 2.24) is 10.6 Å². The highest BCUT2D eigenvalue weighted by molar-refractivity contribution is 7.80. The van der Waals surface area contributed by atoms with Crippen LogP contribution in [0.1, 0.15) is 38.5 Å². The van der Waals surface area contributed by atoms with Gasteiger partial charge in [0.2, 0.25) is 0 Å². The van der Waals surface area contributed by atoms with E-state index in [1.807, 2.05) is 0 Å². The van der Waals surface area contributed by atoms with Crippen molar-refractivity contribution in [2.45, 2.75) is 50.7 Å². The monoisotopic (exact) mass is 254 g/mol. The summed E-state index contributed by atoms with van der Waals surface area (Å²) in [5, 5.41) is 7.64. The lowest BCUT2D eigenvalue weighted by Crippen LogP contribution is -2.46. The van der Waals surface area contributed by atoms with E-state index >= 15 is 0 Å². The third-order valence-electron chi connectivity index (χ3n) is 4.57. The maximum atomic E-state index is 5.57. The zero-order chi connectivity index (χ0) is 11.7. The minimum atomic E-state index is 0.370. The Hall–Kier alpha value is -0.350. The lowest BCUT2D eigenvalue weighted by molar-refractivity contribution is 0.114. The number of ether oxygens (including phenoxy) is 1. The van der Waals surface area contributed by atoms with Crippen molar-refractivity contribution in [2.75, 3.05) is 13.2 Å². The first-order valence-corrected chi connectivity index (χ1v) is 7.38. The van der Waals surface area contributed by atoms with Crippen molar-refractivity contribution in [2.24, 2.45) is 11.8 Å². The summed E-state index contributed by atoms with van der Waals surface area (Å²) in [6, 6.07) is 0.637. The molecular weight excluding hydrogens is 232 g/mol. The van der Waals surface area contributed by atoms with Gasteiger partial charge in [0.05, 0.1) is 6.10 Å². The van der Waals surface area contributed by atoms with Gasteiger partial charge >= 0.3 is 0 Å². The van der Waals surface area contributed by atoms with Gasteiger partial charge in [0.25, 0.3) is 0 Å². The topological polar surface area (TPSA) is 33.3 Å². The fourth-order valence-electron chi connectivity index (χ4n) is 3.65. The second kappa shape index (κ2) is 5.11. The molecule has 0 aromatic heterocycles. The molecule has 2 N–H and O–H groups in total. The van der Waals surface area contributed by atoms with Crippen LogP contribution < -0.4 is 10.6 Å². The quantitative estimate of drug-likeness (QED) is 0.753. The van der Waals surface area contributed by atoms with E-state index in [1.165, 1.54) is 38.5 Å². The number of hydrogen-bond acceptors (Lipinski definition) is 2. The predicted octanol–water partition coefficient (Wildman–Crippen LogP) is 1.82. The Morgan fingerprint density at radius 1 is 1.24 bits per heavy atom. The van der Waals surface area contributed by atoms with E-state index in [2.05, 4.69) is 10.6 Å². The van der Waals surface area contributed by atoms with Crippen LogP contribution in [-0.4, -0.2) is 30.4 Å². The fourth-order valence-corrected chi connectivity index (χ4v) is 3.89. The summed E-state index contributed by atoms with van der Waals surface area (Å²) in [6.07, 6.45) is 8.33. The summed E-state index contributed by atoms with van der Waals surface area (Å²) >= 11 is 5.36. The highest BCUT2D eigenvalue weighted by atomic mass is 32.1. The normalized spacial score (nSPS) is 39.5. The van der Waals surface area contributed by atoms with Crippen LogP contribution in [0, 0.1) is 11.8 Å². The average molecular weight is 254 g/mol. The van der Waals surface area contributed by atoms with Crippen molar-refractivity contribution < 1.29 is 4.74 Å². The lowest BCUT2D eigenvalue weighted by atomic mass is 9.96. The molecule has 3 rings (SSSR count). The van der Waals surface area contributed by atoms with Gasteiger partial charge in [-0.1, -0.05) is 6.42 Å². The molecule has 0 radical (unpaired) electrons. The van der Waals surface area contributed by atoms with Gasteiger partial charge in [0.15, 0.2) is 5.11 Å². The Morgan fingerprint density at radius 3 is 2.82 bits per heavy atom. The molecule has 4 atom stereocenters. The highest BCUT2D eigenvalue weighted by Crippen LogP contribution is 2.44. The SMILES string of the molecule is S=C(NCC1CCCO1)NC1CC2CCC1C2. The number of fused-ring (bicyclic) bond motifs is 2. The molecule has 2 saturated carbocycles. The predicted molar refractivity (Wildman–Crippen MR) is 71.9 cm³/mol. The number of hydrogen-bond donors (Lipinski definition) is 2. The molecule has 4 unspecified atom stereocenters. The molecule has 1 heterocycles. The molecule has 0 amide bonds. The molecule has 17 heavy (non-hydrogen) atoms. The van der Waals surface area contributed by atoms with E-state index < -0.39 is 0 Å². The summed E-state index contributed by atoms with van der Waals surface area (Å²) in [5.41, 5.74) is 0. The van der Waals surface area contributed by atoms with Crippen molar-refractivity contribution >= 4 is 17.3 Å². The molecule has 3 nitrogen and oxygen atoms in total. The second-order valence-corrected chi connectivity index (χ2v) is 6.18. The van der Waals surface area contributed by atoms with Crippen LogP contribution in [-0.2, 0) is 4.74 Å². The molecule has 4 heteroatoms. The molecule has 3 aliphatic rings. The third kappa shape index (κ3) is 2.74. The smallest absolute Gasteiger partial charge is 0.166 e. The molecule has 0 aromatic carbocycles. The van der Waals surface area contributed by atoms with E-state index in [9.17, 15) is 0 Å². The van der Waals surface area contributed by atoms with Crippen LogP contribution in [0.3, 0.4) is 0 Å². The van der Waals surface area contributed by atoms with Gasteiger partial charge in [-0.2, -0.15) is 0 Å². The standard InChI is InChI=1S/C13H22N2OS/c17-13(14-8-11-2-1-5-16-11)15-12-7-9-3-4-10(12)6-9/h9-12H,1-8H2,(H2,14,15,17). The van der Waals surface area contributed by atoms with Crippen LogP contribution in [0.5, 0.6) is 0 Å². The minimum Gasteiger partial charge on any atom is -0.376 e. The molecular formula is C13H22N2OS. The van der Waals surface area contributed by atoms with E-state index in [0.717, 1.165) is 30.1 Å². The molecule has 96 valence electrons. The van der Waals surface area contributed by atoms with Gasteiger partial charge < -0.3 is 15.4 Å². The Bertz CT molecular complexity index is 291. The zero-order valence-corrected chi connectivity index (χ0v) is 11.1. The minimum absolute atomic E-state index is 0.370. The van der Waals surface area contributed by atoms with E-state index in [1.54, 1.807) is 0 Å². The summed E-state index contributed by atoms with van der Waals surface area (Å²) in [7, 11) is 0. The Labute approximate surface area is 109 Å². The van der Waals surface area contributed by atoms with Crippen molar-refractivity contribution in [3.05, 3.63) is 0 Å². The van der Waals surface area contributed by atoms with E-state index in [4.69, 9.17) is 17.0 Å². The van der Waals surface area contributed by atoms with Gasteiger partial charge in [0.1, 0.15) is 0 Å². The summed E-state index contributed by atoms with van der Waals surface area (Å²) < 4.78 is 5.57. The van der Waals surface area contributed by atoms with Crippen LogP contribution in [0.2, 0.25) is 0 Å². The Balaban J connectivity index is 1.38. The molecule has 3 fully saturated rings. The van der Waals surface area contributed by atoms with Gasteiger partial charge in [0, 0.05) is 19.2 Å². The zero-order valence-electron chi connectivity index (χ0n) is 10.3. The van der Waals surface area contributed by atoms with Gasteiger partial charge in [-0.15, -0.1) is 0 Å². The lowest BCUT2D eigenvalue weighted by Gasteiger charge is -2.25. The number of nitrogens with one attached hydrogen (secondary N) is 2. The Kier molecular flexibility index (Phi) is 3.52. The maximum Gasteiger partial charge on any atom is 0.166 e. The van der Waals surface area contributed by atoms with Crippen molar-refractivity contribution in [3.63, 3.8) is 0 Å². The van der Waals surface area contributed by atoms with Crippen molar-refractivity contribution in [3.8, 4) is 0 Å². The maximum absolute atomic E-state index is 5.57. The largest absolute Gasteiger partial charge is 0.376 e. The second-order valence-electron chi connectivity index (χ2n) is 5.77. The highest BCUT2D eigenvalue weighted by Gasteiger charge is 2.39. The summed E-state index contributed by atoms with van der Waals surface area (Å²) in [6.45, 7) is 1.78. The van der Waals surface area contributed by atoms with E-state index in [-0.39, 0.29) is 0 Å². The van der Waals surface area contributed by atoms with Gasteiger partial charge in [-0.25, -0.2) is 0 Å². The van der Waals surface area contributed by atoms with Crippen molar-refractivity contribution in [1.29, 1.82) is 0 Å². The van der Waals surface area contributed by atoms with Gasteiger partial charge in [-0.3, -0.25) is 0 Å². The Morgan fingerprint density at radius 2 is 2.18 bits per heavy atom. The summed E-state index contributed by atoms with van der Waals surface area (Å²) in [4.78, 5) is 0. The van der Waals surface area contributed by atoms with Crippen LogP contribution in [0.15, 0.2) is 0 Å². The first-order valence-electron chi connectivity index (χ1n) is 6.97. The fraction of sp³-hybridized carbons (Fsp3) is 0.923. The average Bonchev–Trinajstić information content (AvgIpc) is 3.03. The number of rotatable bonds is 3. The number of thiocarbonyl (C=S) groups is 1. The molecule has 2 aliphatic carbocycles. The van der Waals surface area contributed by atoms with Crippen LogP contribution in [0.25, 0.3) is 0 Å². The third-order valence-corrected chi connectivity index (χ3v) is 4.83. The van der Waals surface area contributed by atoms with Gasteiger partial charge in [-0.05, 0) is 56.2 Å². The van der Waals surface area contributed by atoms with E-state index in [0.29, 0.717) is 12.1 Å². The first-order chi connectivity index (χ1) is 8.31. The molecule has 2 bridgehead atoms. The molecule has 1 saturated heterocycles. The molecule has 0 aromatic rings. The molecule has 1 aliphatic heterocycles. The van der Waals surface area contributed by atoms with Crippen LogP contribution >= 0.6 is 12.2 Å². The van der Waals surface area contributed by atoms with Crippen LogP contribution in [0.4, 0.5) is 0 Å². The molecule has 0 spiro atoms. The summed E-state index contributed by atoms with van der Waals surface area (Å²) in [5.74, 6) is 1.85.